The van der Waals surface area contributed by atoms with Gasteiger partial charge in [-0.3, -0.25) is 4.79 Å². The Bertz CT molecular complexity index is 731. The lowest BCUT2D eigenvalue weighted by Gasteiger charge is -2.16. The Morgan fingerprint density at radius 2 is 1.96 bits per heavy atom. The van der Waals surface area contributed by atoms with Gasteiger partial charge in [-0.25, -0.2) is 9.97 Å². The number of alkyl halides is 3. The fourth-order valence-electron chi connectivity index (χ4n) is 1.90. The summed E-state index contributed by atoms with van der Waals surface area (Å²) < 4.78 is 38.8. The zero-order valence-corrected chi connectivity index (χ0v) is 13.7. The molecule has 0 unspecified atom stereocenters. The smallest absolute Gasteiger partial charge is 0.384 e. The summed E-state index contributed by atoms with van der Waals surface area (Å²) in [5, 5.41) is 1.89. The Morgan fingerprint density at radius 3 is 2.58 bits per heavy atom. The van der Waals surface area contributed by atoms with Crippen LogP contribution in [0.1, 0.15) is 18.2 Å². The number of rotatable bonds is 4. The first-order chi connectivity index (χ1) is 11.2. The molecule has 1 aromatic heterocycles. The predicted octanol–water partition coefficient (Wildman–Crippen LogP) is 3.51. The van der Waals surface area contributed by atoms with E-state index < -0.39 is 22.9 Å². The van der Waals surface area contributed by atoms with Crippen LogP contribution in [0.4, 0.5) is 24.7 Å². The van der Waals surface area contributed by atoms with Crippen molar-refractivity contribution in [1.29, 1.82) is 0 Å². The summed E-state index contributed by atoms with van der Waals surface area (Å²) in [6.07, 6.45) is -4.55. The van der Waals surface area contributed by atoms with Gasteiger partial charge in [-0.2, -0.15) is 13.2 Å². The van der Waals surface area contributed by atoms with Crippen molar-refractivity contribution in [2.24, 2.45) is 0 Å². The lowest BCUT2D eigenvalue weighted by Crippen LogP contribution is -2.24. The van der Waals surface area contributed by atoms with E-state index in [1.807, 2.05) is 0 Å². The first-order valence-corrected chi connectivity index (χ1v) is 7.79. The van der Waals surface area contributed by atoms with Crippen molar-refractivity contribution in [3.8, 4) is 0 Å². The van der Waals surface area contributed by atoms with Gasteiger partial charge in [0.25, 0.3) is 0 Å². The summed E-state index contributed by atoms with van der Waals surface area (Å²) in [5.41, 5.74) is 5.07. The summed E-state index contributed by atoms with van der Waals surface area (Å²) in [6, 6.07) is 6.39. The standard InChI is InChI=1S/C15H15F3N4OS/c1-8-7-12(19)22-14(20-8)24-9(2)13(23)21-11-6-4-3-5-10(11)15(16,17)18/h3-7,9H,1-2H3,(H,21,23)(H2,19,20,22)/t9-/m1/s1. The van der Waals surface area contributed by atoms with E-state index >= 15 is 0 Å². The van der Waals surface area contributed by atoms with E-state index in [0.717, 1.165) is 17.8 Å². The number of nitrogens with two attached hydrogens (primary N) is 1. The second kappa shape index (κ2) is 7.08. The van der Waals surface area contributed by atoms with Gasteiger partial charge in [0.1, 0.15) is 5.82 Å². The van der Waals surface area contributed by atoms with Gasteiger partial charge in [0, 0.05) is 11.8 Å². The number of nitrogens with one attached hydrogen (secondary N) is 1. The molecule has 0 bridgehead atoms. The van der Waals surface area contributed by atoms with Gasteiger partial charge in [-0.1, -0.05) is 23.9 Å². The van der Waals surface area contributed by atoms with Crippen LogP contribution in [0.5, 0.6) is 0 Å². The van der Waals surface area contributed by atoms with Crippen LogP contribution >= 0.6 is 11.8 Å². The van der Waals surface area contributed by atoms with E-state index in [2.05, 4.69) is 15.3 Å². The van der Waals surface area contributed by atoms with E-state index in [4.69, 9.17) is 5.73 Å². The fraction of sp³-hybridized carbons (Fsp3) is 0.267. The van der Waals surface area contributed by atoms with Gasteiger partial charge < -0.3 is 11.1 Å². The minimum Gasteiger partial charge on any atom is -0.384 e. The maximum Gasteiger partial charge on any atom is 0.418 e. The Labute approximate surface area is 140 Å². The molecule has 2 aromatic rings. The Kier molecular flexibility index (Phi) is 5.33. The Balaban J connectivity index is 2.12. The number of carbonyl (C=O) groups excluding carboxylic acids is 1. The third-order valence-electron chi connectivity index (χ3n) is 3.00. The van der Waals surface area contributed by atoms with Gasteiger partial charge in [0.15, 0.2) is 5.16 Å². The van der Waals surface area contributed by atoms with Crippen molar-refractivity contribution in [1.82, 2.24) is 9.97 Å². The molecule has 0 aliphatic carbocycles. The van der Waals surface area contributed by atoms with Crippen LogP contribution in [0.25, 0.3) is 0 Å². The minimum absolute atomic E-state index is 0.264. The topological polar surface area (TPSA) is 80.9 Å². The highest BCUT2D eigenvalue weighted by Gasteiger charge is 2.33. The average molecular weight is 356 g/mol. The molecule has 128 valence electrons. The first kappa shape index (κ1) is 18.1. The number of benzene rings is 1. The number of aromatic nitrogens is 2. The number of amides is 1. The van der Waals surface area contributed by atoms with Crippen molar-refractivity contribution in [3.05, 3.63) is 41.6 Å². The largest absolute Gasteiger partial charge is 0.418 e. The Morgan fingerprint density at radius 1 is 1.29 bits per heavy atom. The number of carbonyl (C=O) groups is 1. The number of nitrogens with zero attached hydrogens (tertiary/aromatic N) is 2. The van der Waals surface area contributed by atoms with Crippen molar-refractivity contribution in [2.45, 2.75) is 30.4 Å². The predicted molar refractivity (Wildman–Crippen MR) is 86.6 cm³/mol. The summed E-state index contributed by atoms with van der Waals surface area (Å²) in [6.45, 7) is 3.28. The molecule has 0 radical (unpaired) electrons. The zero-order chi connectivity index (χ0) is 17.9. The molecule has 2 rings (SSSR count). The van der Waals surface area contributed by atoms with Crippen molar-refractivity contribution in [3.63, 3.8) is 0 Å². The molecule has 3 N–H and O–H groups in total. The van der Waals surface area contributed by atoms with Crippen LogP contribution < -0.4 is 11.1 Å². The van der Waals surface area contributed by atoms with Crippen LogP contribution in [-0.2, 0) is 11.0 Å². The molecule has 1 amide bonds. The van der Waals surface area contributed by atoms with E-state index in [9.17, 15) is 18.0 Å². The third-order valence-corrected chi connectivity index (χ3v) is 3.96. The fourth-order valence-corrected chi connectivity index (χ4v) is 2.74. The molecular formula is C15H15F3N4OS. The molecular weight excluding hydrogens is 341 g/mol. The van der Waals surface area contributed by atoms with Crippen molar-refractivity contribution in [2.75, 3.05) is 11.1 Å². The number of hydrogen-bond donors (Lipinski definition) is 2. The van der Waals surface area contributed by atoms with Crippen LogP contribution in [0.15, 0.2) is 35.5 Å². The lowest BCUT2D eigenvalue weighted by atomic mass is 10.1. The van der Waals surface area contributed by atoms with E-state index in [0.29, 0.717) is 10.9 Å². The number of halogens is 3. The minimum atomic E-state index is -4.55. The van der Waals surface area contributed by atoms with Crippen LogP contribution in [0.2, 0.25) is 0 Å². The van der Waals surface area contributed by atoms with Gasteiger partial charge in [0.05, 0.1) is 16.5 Å². The summed E-state index contributed by atoms with van der Waals surface area (Å²) in [5.74, 6) is -0.319. The normalized spacial score (nSPS) is 12.7. The van der Waals surface area contributed by atoms with E-state index in [1.165, 1.54) is 18.2 Å². The molecule has 1 atom stereocenters. The van der Waals surface area contributed by atoms with Gasteiger partial charge >= 0.3 is 6.18 Å². The average Bonchev–Trinajstić information content (AvgIpc) is 2.45. The second-order valence-electron chi connectivity index (χ2n) is 5.01. The maximum atomic E-state index is 12.9. The molecule has 0 saturated carbocycles. The van der Waals surface area contributed by atoms with Crippen molar-refractivity contribution >= 4 is 29.2 Å². The summed E-state index contributed by atoms with van der Waals surface area (Å²) in [4.78, 5) is 20.3. The molecule has 0 aliphatic rings. The quantitative estimate of drug-likeness (QED) is 0.647. The highest BCUT2D eigenvalue weighted by atomic mass is 32.2. The molecule has 1 heterocycles. The number of para-hydroxylation sites is 1. The molecule has 0 saturated heterocycles. The zero-order valence-electron chi connectivity index (χ0n) is 12.9. The first-order valence-electron chi connectivity index (χ1n) is 6.91. The van der Waals surface area contributed by atoms with Crippen LogP contribution in [0, 0.1) is 6.92 Å². The number of anilines is 2. The number of aryl methyl sites for hydroxylation is 1. The molecule has 0 aliphatic heterocycles. The number of nitrogen functional groups attached to an aromatic ring is 1. The second-order valence-corrected chi connectivity index (χ2v) is 6.32. The van der Waals surface area contributed by atoms with Crippen molar-refractivity contribution < 1.29 is 18.0 Å². The maximum absolute atomic E-state index is 12.9. The third kappa shape index (κ3) is 4.60. The number of thioether (sulfide) groups is 1. The molecule has 24 heavy (non-hydrogen) atoms. The van der Waals surface area contributed by atoms with Crippen LogP contribution in [0.3, 0.4) is 0 Å². The molecule has 9 heteroatoms. The number of hydrogen-bond acceptors (Lipinski definition) is 5. The van der Waals surface area contributed by atoms with Crippen LogP contribution in [-0.4, -0.2) is 21.1 Å². The van der Waals surface area contributed by atoms with Gasteiger partial charge in [0.2, 0.25) is 5.91 Å². The highest BCUT2D eigenvalue weighted by molar-refractivity contribution is 8.00. The highest BCUT2D eigenvalue weighted by Crippen LogP contribution is 2.35. The summed E-state index contributed by atoms with van der Waals surface area (Å²) in [7, 11) is 0. The summed E-state index contributed by atoms with van der Waals surface area (Å²) >= 11 is 1.02. The molecule has 5 nitrogen and oxygen atoms in total. The lowest BCUT2D eigenvalue weighted by molar-refractivity contribution is -0.137. The molecule has 1 aromatic carbocycles. The van der Waals surface area contributed by atoms with E-state index in [-0.39, 0.29) is 11.5 Å². The SMILES string of the molecule is Cc1cc(N)nc(S[C@H](C)C(=O)Nc2ccccc2C(F)(F)F)n1. The Hall–Kier alpha value is -2.29. The molecule has 0 fully saturated rings. The van der Waals surface area contributed by atoms with E-state index in [1.54, 1.807) is 19.9 Å². The van der Waals surface area contributed by atoms with Gasteiger partial charge in [-0.15, -0.1) is 0 Å². The molecule has 0 spiro atoms. The monoisotopic (exact) mass is 356 g/mol. The van der Waals surface area contributed by atoms with Gasteiger partial charge in [-0.05, 0) is 26.0 Å².